The van der Waals surface area contributed by atoms with Crippen molar-refractivity contribution < 1.29 is 0 Å². The van der Waals surface area contributed by atoms with E-state index in [1.165, 1.54) is 12.2 Å². The molecule has 0 aliphatic rings. The molecule has 0 saturated carbocycles. The fraction of sp³-hybridized carbons (Fsp3) is 1.00. The summed E-state index contributed by atoms with van der Waals surface area (Å²) in [5.74, 6) is 2.99. The molecule has 0 nitrogen and oxygen atoms in total. The van der Waals surface area contributed by atoms with Crippen LogP contribution in [0.4, 0.5) is 0 Å². The molecule has 2 heteroatoms. The largest absolute Gasteiger partial charge is 0.179 e. The molecular weight excluding hydrogens is 196 g/mol. The number of hydrogen-bond acceptors (Lipinski definition) is 2. The Labute approximate surface area is 93.7 Å². The maximum Gasteiger partial charge on any atom is 0.00162 e. The van der Waals surface area contributed by atoms with Gasteiger partial charge in [-0.2, -0.15) is 24.4 Å². The standard InChI is InChI=1S/C11H24S2/c1-6-9(2)13-8-10(7-12)11(3,4)5/h9-10,12H,6-8H2,1-5H3. The van der Waals surface area contributed by atoms with Crippen LogP contribution >= 0.6 is 24.4 Å². The first-order valence-corrected chi connectivity index (χ1v) is 6.82. The highest BCUT2D eigenvalue weighted by atomic mass is 32.2. The van der Waals surface area contributed by atoms with E-state index in [2.05, 4.69) is 59.0 Å². The van der Waals surface area contributed by atoms with Crippen LogP contribution in [0.3, 0.4) is 0 Å². The number of rotatable bonds is 5. The fourth-order valence-electron chi connectivity index (χ4n) is 0.975. The number of hydrogen-bond donors (Lipinski definition) is 1. The summed E-state index contributed by atoms with van der Waals surface area (Å²) < 4.78 is 0. The molecule has 0 bridgehead atoms. The molecule has 0 aromatic carbocycles. The Bertz CT molecular complexity index is 127. The van der Waals surface area contributed by atoms with E-state index in [9.17, 15) is 0 Å². The lowest BCUT2D eigenvalue weighted by Crippen LogP contribution is -2.24. The molecule has 0 aromatic rings. The topological polar surface area (TPSA) is 0 Å². The lowest BCUT2D eigenvalue weighted by Gasteiger charge is -2.29. The van der Waals surface area contributed by atoms with Gasteiger partial charge in [0.2, 0.25) is 0 Å². The maximum absolute atomic E-state index is 4.43. The quantitative estimate of drug-likeness (QED) is 0.680. The molecule has 0 heterocycles. The SMILES string of the molecule is CCC(C)SCC(CS)C(C)(C)C. The van der Waals surface area contributed by atoms with Crippen molar-refractivity contribution in [3.63, 3.8) is 0 Å². The van der Waals surface area contributed by atoms with Gasteiger partial charge < -0.3 is 0 Å². The Morgan fingerprint density at radius 3 is 2.15 bits per heavy atom. The van der Waals surface area contributed by atoms with Crippen LogP contribution in [0.25, 0.3) is 0 Å². The molecule has 0 rings (SSSR count). The zero-order chi connectivity index (χ0) is 10.5. The van der Waals surface area contributed by atoms with Gasteiger partial charge >= 0.3 is 0 Å². The highest BCUT2D eigenvalue weighted by molar-refractivity contribution is 7.99. The fourth-order valence-corrected chi connectivity index (χ4v) is 3.24. The van der Waals surface area contributed by atoms with Crippen LogP contribution in [0.15, 0.2) is 0 Å². The number of thiol groups is 1. The Kier molecular flexibility index (Phi) is 6.57. The van der Waals surface area contributed by atoms with Crippen LogP contribution in [0, 0.1) is 11.3 Å². The van der Waals surface area contributed by atoms with E-state index < -0.39 is 0 Å². The summed E-state index contributed by atoms with van der Waals surface area (Å²) in [5.41, 5.74) is 0.405. The Hall–Kier alpha value is 0.700. The normalized spacial score (nSPS) is 17.1. The van der Waals surface area contributed by atoms with Crippen molar-refractivity contribution in [2.75, 3.05) is 11.5 Å². The van der Waals surface area contributed by atoms with Crippen molar-refractivity contribution in [1.82, 2.24) is 0 Å². The average molecular weight is 220 g/mol. The molecule has 0 aromatic heterocycles. The van der Waals surface area contributed by atoms with E-state index in [-0.39, 0.29) is 0 Å². The highest BCUT2D eigenvalue weighted by Gasteiger charge is 2.23. The molecular formula is C11H24S2. The van der Waals surface area contributed by atoms with Gasteiger partial charge in [-0.3, -0.25) is 0 Å². The third kappa shape index (κ3) is 5.90. The minimum Gasteiger partial charge on any atom is -0.179 e. The van der Waals surface area contributed by atoms with Gasteiger partial charge in [0.05, 0.1) is 0 Å². The molecule has 80 valence electrons. The van der Waals surface area contributed by atoms with E-state index in [1.54, 1.807) is 0 Å². The molecule has 0 amide bonds. The second-order valence-electron chi connectivity index (χ2n) is 4.80. The van der Waals surface area contributed by atoms with Gasteiger partial charge in [0.25, 0.3) is 0 Å². The monoisotopic (exact) mass is 220 g/mol. The van der Waals surface area contributed by atoms with Crippen molar-refractivity contribution >= 4 is 24.4 Å². The molecule has 0 radical (unpaired) electrons. The van der Waals surface area contributed by atoms with Crippen LogP contribution in [0.1, 0.15) is 41.0 Å². The summed E-state index contributed by atoms with van der Waals surface area (Å²) >= 11 is 6.51. The van der Waals surface area contributed by atoms with Crippen molar-refractivity contribution in [2.24, 2.45) is 11.3 Å². The molecule has 2 unspecified atom stereocenters. The molecule has 13 heavy (non-hydrogen) atoms. The van der Waals surface area contributed by atoms with Crippen LogP contribution in [-0.2, 0) is 0 Å². The van der Waals surface area contributed by atoms with Crippen molar-refractivity contribution in [3.05, 3.63) is 0 Å². The van der Waals surface area contributed by atoms with Crippen LogP contribution in [0.2, 0.25) is 0 Å². The van der Waals surface area contributed by atoms with E-state index >= 15 is 0 Å². The summed E-state index contributed by atoms with van der Waals surface area (Å²) in [6, 6.07) is 0. The smallest absolute Gasteiger partial charge is 0.00162 e. The highest BCUT2D eigenvalue weighted by Crippen LogP contribution is 2.31. The van der Waals surface area contributed by atoms with Crippen molar-refractivity contribution in [2.45, 2.75) is 46.3 Å². The summed E-state index contributed by atoms with van der Waals surface area (Å²) in [4.78, 5) is 0. The van der Waals surface area contributed by atoms with Gasteiger partial charge in [-0.25, -0.2) is 0 Å². The third-order valence-electron chi connectivity index (χ3n) is 2.60. The van der Waals surface area contributed by atoms with Gasteiger partial charge in [0.15, 0.2) is 0 Å². The molecule has 0 N–H and O–H groups in total. The van der Waals surface area contributed by atoms with Crippen LogP contribution in [0.5, 0.6) is 0 Å². The molecule has 0 fully saturated rings. The summed E-state index contributed by atoms with van der Waals surface area (Å²) in [6.45, 7) is 11.5. The van der Waals surface area contributed by atoms with E-state index in [1.807, 2.05) is 0 Å². The van der Waals surface area contributed by atoms with Gasteiger partial charge in [-0.1, -0.05) is 34.6 Å². The second kappa shape index (κ2) is 6.23. The molecule has 2 atom stereocenters. The first kappa shape index (κ1) is 13.7. The zero-order valence-corrected chi connectivity index (χ0v) is 11.3. The summed E-state index contributed by atoms with van der Waals surface area (Å²) in [6.07, 6.45) is 1.27. The van der Waals surface area contributed by atoms with E-state index in [0.717, 1.165) is 16.9 Å². The molecule has 0 aliphatic heterocycles. The summed E-state index contributed by atoms with van der Waals surface area (Å²) in [5, 5.41) is 0.796. The molecule has 0 spiro atoms. The average Bonchev–Trinajstić information content (AvgIpc) is 2.02. The number of thioether (sulfide) groups is 1. The van der Waals surface area contributed by atoms with Gasteiger partial charge in [0.1, 0.15) is 0 Å². The zero-order valence-electron chi connectivity index (χ0n) is 9.63. The van der Waals surface area contributed by atoms with Gasteiger partial charge in [-0.15, -0.1) is 0 Å². The Morgan fingerprint density at radius 1 is 1.31 bits per heavy atom. The van der Waals surface area contributed by atoms with Crippen LogP contribution in [-0.4, -0.2) is 16.8 Å². The van der Waals surface area contributed by atoms with E-state index in [0.29, 0.717) is 5.41 Å². The minimum atomic E-state index is 0.405. The molecule has 0 saturated heterocycles. The predicted octanol–water partition coefficient (Wildman–Crippen LogP) is 4.11. The lowest BCUT2D eigenvalue weighted by molar-refractivity contribution is 0.294. The lowest BCUT2D eigenvalue weighted by atomic mass is 9.83. The molecule has 0 aliphatic carbocycles. The second-order valence-corrected chi connectivity index (χ2v) is 6.63. The predicted molar refractivity (Wildman–Crippen MR) is 69.0 cm³/mol. The van der Waals surface area contributed by atoms with Crippen LogP contribution < -0.4 is 0 Å². The Balaban J connectivity index is 3.86. The maximum atomic E-state index is 4.43. The van der Waals surface area contributed by atoms with Crippen molar-refractivity contribution in [1.29, 1.82) is 0 Å². The first-order valence-electron chi connectivity index (χ1n) is 5.14. The Morgan fingerprint density at radius 2 is 1.85 bits per heavy atom. The minimum absolute atomic E-state index is 0.405. The van der Waals surface area contributed by atoms with Gasteiger partial charge in [-0.05, 0) is 29.3 Å². The summed E-state index contributed by atoms with van der Waals surface area (Å²) in [7, 11) is 0. The first-order chi connectivity index (χ1) is 5.91. The van der Waals surface area contributed by atoms with E-state index in [4.69, 9.17) is 0 Å². The third-order valence-corrected chi connectivity index (χ3v) is 4.54. The van der Waals surface area contributed by atoms with Gasteiger partial charge in [0, 0.05) is 5.25 Å². The van der Waals surface area contributed by atoms with Crippen molar-refractivity contribution in [3.8, 4) is 0 Å².